The van der Waals surface area contributed by atoms with Crippen LogP contribution in [0.5, 0.6) is 0 Å². The average molecular weight is 260 g/mol. The lowest BCUT2D eigenvalue weighted by Gasteiger charge is -1.99. The number of pyridine rings is 1. The standard InChI is InChI=1S/C12H12N4OS/c1-2-8(13)12-15-11(16-17-12)7-5-10-9(14-6-7)3-4-18-10/h3-6,8H,2,13H2,1H3/t8-/m0/s1. The van der Waals surface area contributed by atoms with E-state index >= 15 is 0 Å². The maximum absolute atomic E-state index is 5.85. The minimum Gasteiger partial charge on any atom is -0.337 e. The van der Waals surface area contributed by atoms with Gasteiger partial charge in [0.05, 0.1) is 16.3 Å². The smallest absolute Gasteiger partial charge is 0.243 e. The van der Waals surface area contributed by atoms with Crippen molar-refractivity contribution in [3.63, 3.8) is 0 Å². The summed E-state index contributed by atoms with van der Waals surface area (Å²) in [6.07, 6.45) is 2.52. The highest BCUT2D eigenvalue weighted by Crippen LogP contribution is 2.25. The second-order valence-electron chi connectivity index (χ2n) is 4.00. The summed E-state index contributed by atoms with van der Waals surface area (Å²) >= 11 is 1.64. The van der Waals surface area contributed by atoms with E-state index in [-0.39, 0.29) is 6.04 Å². The third-order valence-corrected chi connectivity index (χ3v) is 3.61. The van der Waals surface area contributed by atoms with Crippen molar-refractivity contribution in [3.05, 3.63) is 29.6 Å². The molecular weight excluding hydrogens is 248 g/mol. The Hall–Kier alpha value is -1.79. The first-order valence-corrected chi connectivity index (χ1v) is 6.58. The molecule has 6 heteroatoms. The van der Waals surface area contributed by atoms with Crippen LogP contribution in [0.25, 0.3) is 21.6 Å². The number of hydrogen-bond acceptors (Lipinski definition) is 6. The molecular formula is C12H12N4OS. The highest BCUT2D eigenvalue weighted by molar-refractivity contribution is 7.17. The van der Waals surface area contributed by atoms with Gasteiger partial charge in [0.25, 0.3) is 0 Å². The van der Waals surface area contributed by atoms with E-state index in [4.69, 9.17) is 10.3 Å². The van der Waals surface area contributed by atoms with Crippen LogP contribution in [0.15, 0.2) is 28.2 Å². The van der Waals surface area contributed by atoms with E-state index in [0.29, 0.717) is 11.7 Å². The lowest BCUT2D eigenvalue weighted by atomic mass is 10.2. The third-order valence-electron chi connectivity index (χ3n) is 2.76. The van der Waals surface area contributed by atoms with Crippen LogP contribution < -0.4 is 5.73 Å². The second kappa shape index (κ2) is 4.47. The summed E-state index contributed by atoms with van der Waals surface area (Å²) in [6.45, 7) is 1.98. The van der Waals surface area contributed by atoms with Crippen LogP contribution in [0.2, 0.25) is 0 Å². The summed E-state index contributed by atoms with van der Waals surface area (Å²) in [7, 11) is 0. The molecule has 0 aromatic carbocycles. The second-order valence-corrected chi connectivity index (χ2v) is 4.95. The number of nitrogens with two attached hydrogens (primary N) is 1. The minimum atomic E-state index is -0.204. The molecule has 5 nitrogen and oxygen atoms in total. The Labute approximate surface area is 108 Å². The maximum atomic E-state index is 5.85. The van der Waals surface area contributed by atoms with Gasteiger partial charge < -0.3 is 10.3 Å². The zero-order chi connectivity index (χ0) is 12.5. The molecule has 92 valence electrons. The summed E-state index contributed by atoms with van der Waals surface area (Å²) < 4.78 is 6.26. The molecule has 0 aliphatic rings. The van der Waals surface area contributed by atoms with Crippen molar-refractivity contribution in [1.29, 1.82) is 0 Å². The van der Waals surface area contributed by atoms with E-state index in [1.165, 1.54) is 0 Å². The molecule has 0 unspecified atom stereocenters. The molecule has 3 rings (SSSR count). The van der Waals surface area contributed by atoms with Crippen molar-refractivity contribution in [1.82, 2.24) is 15.1 Å². The number of fused-ring (bicyclic) bond motifs is 1. The number of nitrogens with zero attached hydrogens (tertiary/aromatic N) is 3. The Bertz CT molecular complexity index is 675. The first-order chi connectivity index (χ1) is 8.78. The normalized spacial score (nSPS) is 13.0. The van der Waals surface area contributed by atoms with Gasteiger partial charge in [-0.3, -0.25) is 4.98 Å². The van der Waals surface area contributed by atoms with Gasteiger partial charge in [-0.05, 0) is 23.9 Å². The fraction of sp³-hybridized carbons (Fsp3) is 0.250. The molecule has 2 N–H and O–H groups in total. The molecule has 0 aliphatic heterocycles. The molecule has 0 saturated carbocycles. The molecule has 0 bridgehead atoms. The minimum absolute atomic E-state index is 0.204. The quantitative estimate of drug-likeness (QED) is 0.783. The van der Waals surface area contributed by atoms with Crippen molar-refractivity contribution in [2.24, 2.45) is 5.73 Å². The predicted molar refractivity (Wildman–Crippen MR) is 70.1 cm³/mol. The Balaban J connectivity index is 2.00. The first-order valence-electron chi connectivity index (χ1n) is 5.70. The summed E-state index contributed by atoms with van der Waals surface area (Å²) in [5, 5.41) is 5.96. The summed E-state index contributed by atoms with van der Waals surface area (Å²) in [6, 6.07) is 3.79. The van der Waals surface area contributed by atoms with Crippen LogP contribution in [0, 0.1) is 0 Å². The van der Waals surface area contributed by atoms with Crippen LogP contribution in [-0.4, -0.2) is 15.1 Å². The fourth-order valence-electron chi connectivity index (χ4n) is 1.65. The van der Waals surface area contributed by atoms with E-state index in [2.05, 4.69) is 15.1 Å². The van der Waals surface area contributed by atoms with E-state index in [1.807, 2.05) is 24.4 Å². The SMILES string of the molecule is CC[C@H](N)c1nc(-c2cnc3ccsc3c2)no1. The zero-order valence-corrected chi connectivity index (χ0v) is 10.6. The summed E-state index contributed by atoms with van der Waals surface area (Å²) in [4.78, 5) is 8.65. The number of rotatable bonds is 3. The van der Waals surface area contributed by atoms with Crippen LogP contribution in [0.4, 0.5) is 0 Å². The predicted octanol–water partition coefficient (Wildman–Crippen LogP) is 2.76. The van der Waals surface area contributed by atoms with E-state index in [1.54, 1.807) is 17.5 Å². The van der Waals surface area contributed by atoms with Gasteiger partial charge in [-0.15, -0.1) is 11.3 Å². The number of hydrogen-bond donors (Lipinski definition) is 1. The molecule has 3 aromatic heterocycles. The molecule has 0 aliphatic carbocycles. The topological polar surface area (TPSA) is 77.8 Å². The van der Waals surface area contributed by atoms with Gasteiger partial charge in [0.15, 0.2) is 0 Å². The lowest BCUT2D eigenvalue weighted by Crippen LogP contribution is -2.08. The van der Waals surface area contributed by atoms with Crippen LogP contribution >= 0.6 is 11.3 Å². The van der Waals surface area contributed by atoms with Gasteiger partial charge in [0.1, 0.15) is 0 Å². The van der Waals surface area contributed by atoms with Gasteiger partial charge in [-0.25, -0.2) is 0 Å². The van der Waals surface area contributed by atoms with E-state index in [9.17, 15) is 0 Å². The zero-order valence-electron chi connectivity index (χ0n) is 9.83. The van der Waals surface area contributed by atoms with Gasteiger partial charge in [-0.1, -0.05) is 12.1 Å². The van der Waals surface area contributed by atoms with Gasteiger partial charge in [-0.2, -0.15) is 4.98 Å². The Morgan fingerprint density at radius 1 is 1.50 bits per heavy atom. The first kappa shape index (κ1) is 11.3. The van der Waals surface area contributed by atoms with Crippen LogP contribution in [0.3, 0.4) is 0 Å². The molecule has 0 spiro atoms. The highest BCUT2D eigenvalue weighted by Gasteiger charge is 2.14. The molecule has 18 heavy (non-hydrogen) atoms. The summed E-state index contributed by atoms with van der Waals surface area (Å²) in [5.74, 6) is 1.01. The maximum Gasteiger partial charge on any atom is 0.243 e. The van der Waals surface area contributed by atoms with Gasteiger partial charge in [0, 0.05) is 11.8 Å². The van der Waals surface area contributed by atoms with Crippen LogP contribution in [0.1, 0.15) is 25.3 Å². The van der Waals surface area contributed by atoms with Crippen molar-refractivity contribution < 1.29 is 4.52 Å². The lowest BCUT2D eigenvalue weighted by molar-refractivity contribution is 0.352. The Morgan fingerprint density at radius 2 is 2.39 bits per heavy atom. The molecule has 0 amide bonds. The largest absolute Gasteiger partial charge is 0.337 e. The highest BCUT2D eigenvalue weighted by atomic mass is 32.1. The van der Waals surface area contributed by atoms with Crippen LogP contribution in [-0.2, 0) is 0 Å². The number of aromatic nitrogens is 3. The molecule has 0 fully saturated rings. The fourth-order valence-corrected chi connectivity index (χ4v) is 2.43. The Morgan fingerprint density at radius 3 is 3.22 bits per heavy atom. The molecule has 3 aromatic rings. The monoisotopic (exact) mass is 260 g/mol. The van der Waals surface area contributed by atoms with E-state index in [0.717, 1.165) is 22.2 Å². The molecule has 3 heterocycles. The van der Waals surface area contributed by atoms with Crippen molar-refractivity contribution in [2.75, 3.05) is 0 Å². The third kappa shape index (κ3) is 1.89. The van der Waals surface area contributed by atoms with Crippen molar-refractivity contribution in [2.45, 2.75) is 19.4 Å². The van der Waals surface area contributed by atoms with Gasteiger partial charge >= 0.3 is 0 Å². The average Bonchev–Trinajstić information content (AvgIpc) is 3.05. The summed E-state index contributed by atoms with van der Waals surface area (Å²) in [5.41, 5.74) is 7.68. The Kier molecular flexibility index (Phi) is 2.81. The molecule has 0 radical (unpaired) electrons. The number of thiophene rings is 1. The van der Waals surface area contributed by atoms with Gasteiger partial charge in [0.2, 0.25) is 11.7 Å². The van der Waals surface area contributed by atoms with Crippen molar-refractivity contribution >= 4 is 21.6 Å². The molecule has 1 atom stereocenters. The van der Waals surface area contributed by atoms with E-state index < -0.39 is 0 Å². The molecule has 0 saturated heterocycles. The van der Waals surface area contributed by atoms with Crippen molar-refractivity contribution in [3.8, 4) is 11.4 Å².